The maximum Gasteiger partial charge on any atom is 0.241 e. The number of benzene rings is 2. The zero-order chi connectivity index (χ0) is 17.3. The molecule has 0 fully saturated rings. The van der Waals surface area contributed by atoms with Gasteiger partial charge in [0.15, 0.2) is 0 Å². The van der Waals surface area contributed by atoms with Crippen LogP contribution in [0.25, 0.3) is 10.8 Å². The van der Waals surface area contributed by atoms with Crippen molar-refractivity contribution >= 4 is 20.8 Å². The largest absolute Gasteiger partial charge is 0.241 e. The Hall–Kier alpha value is -1.39. The molecule has 2 aromatic rings. The van der Waals surface area contributed by atoms with Crippen LogP contribution in [0.4, 0.5) is 0 Å². The maximum absolute atomic E-state index is 12.9. The molecule has 0 amide bonds. The van der Waals surface area contributed by atoms with E-state index < -0.39 is 15.6 Å². The molecule has 0 aliphatic heterocycles. The SMILES string of the molecule is CCCC(C)(C)NS(=O)(=O)c1ccc(C(C)C)c2ccccc12. The first-order valence-electron chi connectivity index (χ1n) is 8.23. The standard InChI is InChI=1S/C19H27NO2S/c1-6-13-19(4,5)20-23(21,22)18-12-11-15(14(2)3)16-9-7-8-10-17(16)18/h7-12,14,20H,6,13H2,1-5H3. The molecule has 0 saturated carbocycles. The summed E-state index contributed by atoms with van der Waals surface area (Å²) in [7, 11) is -3.56. The molecular weight excluding hydrogens is 306 g/mol. The Labute approximate surface area is 140 Å². The summed E-state index contributed by atoms with van der Waals surface area (Å²) in [5.74, 6) is 0.348. The molecule has 4 heteroatoms. The molecule has 2 aromatic carbocycles. The second-order valence-corrected chi connectivity index (χ2v) is 8.74. The smallest absolute Gasteiger partial charge is 0.207 e. The van der Waals surface area contributed by atoms with Gasteiger partial charge in [-0.25, -0.2) is 13.1 Å². The number of hydrogen-bond acceptors (Lipinski definition) is 2. The molecule has 0 aliphatic rings. The summed E-state index contributed by atoms with van der Waals surface area (Å²) in [6.07, 6.45) is 1.73. The highest BCUT2D eigenvalue weighted by Gasteiger charge is 2.27. The fraction of sp³-hybridized carbons (Fsp3) is 0.474. The van der Waals surface area contributed by atoms with E-state index in [1.54, 1.807) is 6.07 Å². The van der Waals surface area contributed by atoms with Crippen molar-refractivity contribution in [3.63, 3.8) is 0 Å². The molecule has 3 nitrogen and oxygen atoms in total. The molecule has 0 unspecified atom stereocenters. The van der Waals surface area contributed by atoms with E-state index in [0.717, 1.165) is 23.6 Å². The highest BCUT2D eigenvalue weighted by atomic mass is 32.2. The van der Waals surface area contributed by atoms with Crippen molar-refractivity contribution in [2.75, 3.05) is 0 Å². The minimum Gasteiger partial charge on any atom is -0.207 e. The minimum absolute atomic E-state index is 0.348. The number of nitrogens with one attached hydrogen (secondary N) is 1. The Bertz CT molecular complexity index is 792. The van der Waals surface area contributed by atoms with Crippen LogP contribution in [0.3, 0.4) is 0 Å². The van der Waals surface area contributed by atoms with Crippen molar-refractivity contribution < 1.29 is 8.42 Å². The van der Waals surface area contributed by atoms with Crippen LogP contribution < -0.4 is 4.72 Å². The van der Waals surface area contributed by atoms with Gasteiger partial charge in [0.05, 0.1) is 4.90 Å². The lowest BCUT2D eigenvalue weighted by Crippen LogP contribution is -2.43. The Morgan fingerprint density at radius 2 is 1.65 bits per heavy atom. The molecule has 0 saturated heterocycles. The third-order valence-electron chi connectivity index (χ3n) is 4.11. The summed E-state index contributed by atoms with van der Waals surface area (Å²) in [5.41, 5.74) is 0.721. The van der Waals surface area contributed by atoms with Crippen molar-refractivity contribution in [3.05, 3.63) is 42.0 Å². The minimum atomic E-state index is -3.56. The second kappa shape index (κ2) is 6.62. The molecule has 0 bridgehead atoms. The molecule has 0 atom stereocenters. The summed E-state index contributed by atoms with van der Waals surface area (Å²) in [4.78, 5) is 0.363. The summed E-state index contributed by atoms with van der Waals surface area (Å²) in [6, 6.07) is 11.4. The van der Waals surface area contributed by atoms with Crippen LogP contribution >= 0.6 is 0 Å². The van der Waals surface area contributed by atoms with Crippen molar-refractivity contribution in [3.8, 4) is 0 Å². The average Bonchev–Trinajstić information content (AvgIpc) is 2.44. The van der Waals surface area contributed by atoms with E-state index in [0.29, 0.717) is 10.8 Å². The lowest BCUT2D eigenvalue weighted by molar-refractivity contribution is 0.418. The van der Waals surface area contributed by atoms with Gasteiger partial charge in [-0.2, -0.15) is 0 Å². The van der Waals surface area contributed by atoms with Gasteiger partial charge in [0, 0.05) is 10.9 Å². The van der Waals surface area contributed by atoms with Crippen LogP contribution in [0, 0.1) is 0 Å². The number of hydrogen-bond donors (Lipinski definition) is 1. The summed E-state index contributed by atoms with van der Waals surface area (Å²) < 4.78 is 28.7. The first-order chi connectivity index (χ1) is 10.7. The highest BCUT2D eigenvalue weighted by Crippen LogP contribution is 2.31. The van der Waals surface area contributed by atoms with Crippen LogP contribution in [0.2, 0.25) is 0 Å². The van der Waals surface area contributed by atoms with Crippen molar-refractivity contribution in [2.24, 2.45) is 0 Å². The van der Waals surface area contributed by atoms with Crippen LogP contribution in [0.1, 0.15) is 58.9 Å². The maximum atomic E-state index is 12.9. The molecule has 126 valence electrons. The van der Waals surface area contributed by atoms with Gasteiger partial charge < -0.3 is 0 Å². The predicted molar refractivity (Wildman–Crippen MR) is 97.3 cm³/mol. The van der Waals surface area contributed by atoms with Crippen LogP contribution in [0.5, 0.6) is 0 Å². The number of fused-ring (bicyclic) bond motifs is 1. The Balaban J connectivity index is 2.58. The summed E-state index contributed by atoms with van der Waals surface area (Å²) in [6.45, 7) is 10.2. The van der Waals surface area contributed by atoms with Gasteiger partial charge in [-0.05, 0) is 43.2 Å². The van der Waals surface area contributed by atoms with E-state index in [4.69, 9.17) is 0 Å². The van der Waals surface area contributed by atoms with Crippen molar-refractivity contribution in [1.82, 2.24) is 4.72 Å². The highest BCUT2D eigenvalue weighted by molar-refractivity contribution is 7.89. The zero-order valence-corrected chi connectivity index (χ0v) is 15.5. The van der Waals surface area contributed by atoms with Gasteiger partial charge in [-0.3, -0.25) is 0 Å². The van der Waals surface area contributed by atoms with Crippen LogP contribution in [-0.2, 0) is 10.0 Å². The van der Waals surface area contributed by atoms with Crippen LogP contribution in [-0.4, -0.2) is 14.0 Å². The third-order valence-corrected chi connectivity index (χ3v) is 5.87. The van der Waals surface area contributed by atoms with E-state index in [1.165, 1.54) is 5.56 Å². The average molecular weight is 333 g/mol. The van der Waals surface area contributed by atoms with E-state index >= 15 is 0 Å². The molecule has 23 heavy (non-hydrogen) atoms. The van der Waals surface area contributed by atoms with E-state index in [1.807, 2.05) is 44.2 Å². The Kier molecular flexibility index (Phi) is 5.17. The van der Waals surface area contributed by atoms with Gasteiger partial charge >= 0.3 is 0 Å². The first kappa shape index (κ1) is 18.0. The molecule has 0 radical (unpaired) electrons. The Morgan fingerprint density at radius 3 is 2.22 bits per heavy atom. The summed E-state index contributed by atoms with van der Waals surface area (Å²) in [5, 5.41) is 1.80. The van der Waals surface area contributed by atoms with E-state index in [9.17, 15) is 8.42 Å². The van der Waals surface area contributed by atoms with Gasteiger partial charge in [0.1, 0.15) is 0 Å². The predicted octanol–water partition coefficient (Wildman–Crippen LogP) is 4.82. The van der Waals surface area contributed by atoms with E-state index in [2.05, 4.69) is 25.5 Å². The first-order valence-corrected chi connectivity index (χ1v) is 9.72. The van der Waals surface area contributed by atoms with Gasteiger partial charge in [0.2, 0.25) is 10.0 Å². The summed E-state index contributed by atoms with van der Waals surface area (Å²) >= 11 is 0. The number of sulfonamides is 1. The van der Waals surface area contributed by atoms with Gasteiger partial charge in [-0.1, -0.05) is 57.5 Å². The van der Waals surface area contributed by atoms with Gasteiger partial charge in [-0.15, -0.1) is 0 Å². The van der Waals surface area contributed by atoms with Crippen LogP contribution in [0.15, 0.2) is 41.3 Å². The lowest BCUT2D eigenvalue weighted by atomic mass is 9.96. The molecular formula is C19H27NO2S. The quantitative estimate of drug-likeness (QED) is 0.824. The Morgan fingerprint density at radius 1 is 1.04 bits per heavy atom. The normalized spacial score (nSPS) is 13.0. The fourth-order valence-corrected chi connectivity index (χ4v) is 4.78. The second-order valence-electron chi connectivity index (χ2n) is 7.09. The molecule has 2 rings (SSSR count). The molecule has 0 aliphatic carbocycles. The molecule has 0 spiro atoms. The van der Waals surface area contributed by atoms with E-state index in [-0.39, 0.29) is 0 Å². The van der Waals surface area contributed by atoms with Crippen molar-refractivity contribution in [1.29, 1.82) is 0 Å². The molecule has 1 N–H and O–H groups in total. The monoisotopic (exact) mass is 333 g/mol. The zero-order valence-electron chi connectivity index (χ0n) is 14.7. The number of rotatable bonds is 6. The molecule has 0 aromatic heterocycles. The topological polar surface area (TPSA) is 46.2 Å². The molecule has 0 heterocycles. The fourth-order valence-electron chi connectivity index (χ4n) is 3.13. The van der Waals surface area contributed by atoms with Gasteiger partial charge in [0.25, 0.3) is 0 Å². The lowest BCUT2D eigenvalue weighted by Gasteiger charge is -2.26. The third kappa shape index (κ3) is 3.93. The van der Waals surface area contributed by atoms with Crippen molar-refractivity contribution in [2.45, 2.75) is 63.8 Å².